The van der Waals surface area contributed by atoms with Crippen molar-refractivity contribution in [2.75, 3.05) is 13.1 Å². The molecular formula is C13H15BrFN3O. The van der Waals surface area contributed by atoms with Crippen molar-refractivity contribution in [2.24, 2.45) is 0 Å². The summed E-state index contributed by atoms with van der Waals surface area (Å²) >= 11 is 3.11. The monoisotopic (exact) mass is 327 g/mol. The third kappa shape index (κ3) is 3.84. The second-order valence-corrected chi connectivity index (χ2v) is 4.94. The van der Waals surface area contributed by atoms with Crippen LogP contribution in [0.25, 0.3) is 11.5 Å². The SMILES string of the molecule is CCNCCCc1nnc(-c2ccc(Br)c(F)c2)o1. The minimum atomic E-state index is -0.343. The first-order chi connectivity index (χ1) is 9.20. The number of nitrogens with zero attached hydrogens (tertiary/aromatic N) is 2. The van der Waals surface area contributed by atoms with E-state index in [1.807, 2.05) is 0 Å². The molecule has 1 N–H and O–H groups in total. The van der Waals surface area contributed by atoms with Gasteiger partial charge in [-0.15, -0.1) is 10.2 Å². The number of nitrogens with one attached hydrogen (secondary N) is 1. The predicted octanol–water partition coefficient (Wildman–Crippen LogP) is 3.18. The lowest BCUT2D eigenvalue weighted by molar-refractivity contribution is 0.492. The van der Waals surface area contributed by atoms with E-state index in [0.717, 1.165) is 25.9 Å². The Balaban J connectivity index is 2.01. The number of halogens is 2. The van der Waals surface area contributed by atoms with Gasteiger partial charge in [0.2, 0.25) is 11.8 Å². The smallest absolute Gasteiger partial charge is 0.247 e. The topological polar surface area (TPSA) is 51.0 Å². The molecule has 0 fully saturated rings. The molecule has 0 atom stereocenters. The van der Waals surface area contributed by atoms with Gasteiger partial charge >= 0.3 is 0 Å². The largest absolute Gasteiger partial charge is 0.421 e. The maximum Gasteiger partial charge on any atom is 0.247 e. The Morgan fingerprint density at radius 3 is 2.95 bits per heavy atom. The summed E-state index contributed by atoms with van der Waals surface area (Å²) in [6.45, 7) is 3.93. The highest BCUT2D eigenvalue weighted by molar-refractivity contribution is 9.10. The molecule has 0 radical (unpaired) electrons. The van der Waals surface area contributed by atoms with Gasteiger partial charge in [0.05, 0.1) is 4.47 Å². The molecule has 0 aliphatic rings. The summed E-state index contributed by atoms with van der Waals surface area (Å²) in [5.74, 6) is 0.588. The van der Waals surface area contributed by atoms with Crippen molar-refractivity contribution < 1.29 is 8.81 Å². The Morgan fingerprint density at radius 2 is 2.21 bits per heavy atom. The zero-order valence-corrected chi connectivity index (χ0v) is 12.2. The highest BCUT2D eigenvalue weighted by Gasteiger charge is 2.10. The van der Waals surface area contributed by atoms with E-state index in [1.54, 1.807) is 12.1 Å². The number of rotatable bonds is 6. The standard InChI is InChI=1S/C13H15BrFN3O/c1-2-16-7-3-4-12-17-18-13(19-12)9-5-6-10(14)11(15)8-9/h5-6,8,16H,2-4,7H2,1H3. The number of hydrogen-bond donors (Lipinski definition) is 1. The summed E-state index contributed by atoms with van der Waals surface area (Å²) < 4.78 is 19.3. The van der Waals surface area contributed by atoms with E-state index in [2.05, 4.69) is 38.4 Å². The Morgan fingerprint density at radius 1 is 1.37 bits per heavy atom. The molecule has 1 aromatic heterocycles. The van der Waals surface area contributed by atoms with Gasteiger partial charge in [-0.05, 0) is 53.6 Å². The van der Waals surface area contributed by atoms with Crippen molar-refractivity contribution in [3.05, 3.63) is 34.4 Å². The van der Waals surface area contributed by atoms with Gasteiger partial charge in [0.25, 0.3) is 0 Å². The minimum Gasteiger partial charge on any atom is -0.421 e. The van der Waals surface area contributed by atoms with E-state index in [4.69, 9.17) is 4.42 Å². The molecule has 1 heterocycles. The van der Waals surface area contributed by atoms with Crippen LogP contribution in [-0.2, 0) is 6.42 Å². The van der Waals surface area contributed by atoms with E-state index < -0.39 is 0 Å². The minimum absolute atomic E-state index is 0.343. The molecule has 0 amide bonds. The van der Waals surface area contributed by atoms with Crippen LogP contribution in [0, 0.1) is 5.82 Å². The van der Waals surface area contributed by atoms with Crippen LogP contribution in [-0.4, -0.2) is 23.3 Å². The van der Waals surface area contributed by atoms with E-state index >= 15 is 0 Å². The first-order valence-electron chi connectivity index (χ1n) is 6.19. The van der Waals surface area contributed by atoms with E-state index in [9.17, 15) is 4.39 Å². The normalized spacial score (nSPS) is 10.9. The fourth-order valence-electron chi connectivity index (χ4n) is 1.64. The number of aromatic nitrogens is 2. The van der Waals surface area contributed by atoms with Gasteiger partial charge < -0.3 is 9.73 Å². The summed E-state index contributed by atoms with van der Waals surface area (Å²) in [5.41, 5.74) is 0.589. The van der Waals surface area contributed by atoms with Gasteiger partial charge in [0.1, 0.15) is 5.82 Å². The molecule has 2 aromatic rings. The number of benzene rings is 1. The van der Waals surface area contributed by atoms with Crippen molar-refractivity contribution in [1.29, 1.82) is 0 Å². The fraction of sp³-hybridized carbons (Fsp3) is 0.385. The van der Waals surface area contributed by atoms with Gasteiger partial charge in [0, 0.05) is 12.0 Å². The molecular weight excluding hydrogens is 313 g/mol. The molecule has 0 aliphatic carbocycles. The maximum atomic E-state index is 13.4. The molecule has 0 saturated heterocycles. The highest BCUT2D eigenvalue weighted by Crippen LogP contribution is 2.23. The van der Waals surface area contributed by atoms with Gasteiger partial charge in [0.15, 0.2) is 0 Å². The van der Waals surface area contributed by atoms with Crippen molar-refractivity contribution >= 4 is 15.9 Å². The van der Waals surface area contributed by atoms with Crippen molar-refractivity contribution in [2.45, 2.75) is 19.8 Å². The van der Waals surface area contributed by atoms with Gasteiger partial charge in [-0.25, -0.2) is 4.39 Å². The van der Waals surface area contributed by atoms with Crippen LogP contribution < -0.4 is 5.32 Å². The van der Waals surface area contributed by atoms with Crippen LogP contribution in [0.5, 0.6) is 0 Å². The van der Waals surface area contributed by atoms with E-state index in [1.165, 1.54) is 6.07 Å². The van der Waals surface area contributed by atoms with Crippen LogP contribution in [0.15, 0.2) is 27.1 Å². The second-order valence-electron chi connectivity index (χ2n) is 4.09. The van der Waals surface area contributed by atoms with Crippen molar-refractivity contribution in [1.82, 2.24) is 15.5 Å². The van der Waals surface area contributed by atoms with Gasteiger partial charge in [-0.3, -0.25) is 0 Å². The first-order valence-corrected chi connectivity index (χ1v) is 6.98. The third-order valence-electron chi connectivity index (χ3n) is 2.63. The summed E-state index contributed by atoms with van der Waals surface area (Å²) in [6.07, 6.45) is 1.66. The average molecular weight is 328 g/mol. The summed E-state index contributed by atoms with van der Waals surface area (Å²) in [7, 11) is 0. The Labute approximate surface area is 119 Å². The predicted molar refractivity (Wildman–Crippen MR) is 74.3 cm³/mol. The number of aryl methyl sites for hydroxylation is 1. The molecule has 19 heavy (non-hydrogen) atoms. The molecule has 2 rings (SSSR count). The quantitative estimate of drug-likeness (QED) is 0.828. The van der Waals surface area contributed by atoms with Crippen LogP contribution in [0.2, 0.25) is 0 Å². The fourth-order valence-corrected chi connectivity index (χ4v) is 1.89. The number of hydrogen-bond acceptors (Lipinski definition) is 4. The summed E-state index contributed by atoms with van der Waals surface area (Å²) in [5, 5.41) is 11.1. The van der Waals surface area contributed by atoms with Crippen LogP contribution >= 0.6 is 15.9 Å². The van der Waals surface area contributed by atoms with Crippen molar-refractivity contribution in [3.8, 4) is 11.5 Å². The molecule has 0 unspecified atom stereocenters. The van der Waals surface area contributed by atoms with E-state index in [-0.39, 0.29) is 5.82 Å². The summed E-state index contributed by atoms with van der Waals surface area (Å²) in [4.78, 5) is 0. The van der Waals surface area contributed by atoms with E-state index in [0.29, 0.717) is 21.8 Å². The Bertz CT molecular complexity index is 544. The molecule has 1 aromatic carbocycles. The molecule has 102 valence electrons. The zero-order chi connectivity index (χ0) is 13.7. The first kappa shape index (κ1) is 14.1. The highest BCUT2D eigenvalue weighted by atomic mass is 79.9. The molecule has 0 bridgehead atoms. The Kier molecular flexibility index (Phi) is 5.04. The maximum absolute atomic E-state index is 13.4. The van der Waals surface area contributed by atoms with Gasteiger partial charge in [-0.2, -0.15) is 0 Å². The molecule has 0 aliphatic heterocycles. The van der Waals surface area contributed by atoms with Crippen molar-refractivity contribution in [3.63, 3.8) is 0 Å². The average Bonchev–Trinajstić information content (AvgIpc) is 2.87. The Hall–Kier alpha value is -1.27. The second kappa shape index (κ2) is 6.77. The molecule has 4 nitrogen and oxygen atoms in total. The van der Waals surface area contributed by atoms with Crippen LogP contribution in [0.4, 0.5) is 4.39 Å². The lowest BCUT2D eigenvalue weighted by Crippen LogP contribution is -2.14. The van der Waals surface area contributed by atoms with Crippen LogP contribution in [0.3, 0.4) is 0 Å². The van der Waals surface area contributed by atoms with Crippen LogP contribution in [0.1, 0.15) is 19.2 Å². The summed E-state index contributed by atoms with van der Waals surface area (Å²) in [6, 6.07) is 4.74. The molecule has 6 heteroatoms. The zero-order valence-electron chi connectivity index (χ0n) is 10.6. The molecule has 0 saturated carbocycles. The lowest BCUT2D eigenvalue weighted by atomic mass is 10.2. The van der Waals surface area contributed by atoms with Gasteiger partial charge in [-0.1, -0.05) is 6.92 Å². The molecule has 0 spiro atoms. The lowest BCUT2D eigenvalue weighted by Gasteiger charge is -1.98. The third-order valence-corrected chi connectivity index (χ3v) is 3.27.